The third-order valence-electron chi connectivity index (χ3n) is 1.67. The molecule has 0 heterocycles. The van der Waals surface area contributed by atoms with Crippen molar-refractivity contribution in [3.63, 3.8) is 0 Å². The van der Waals surface area contributed by atoms with Gasteiger partial charge in [0.1, 0.15) is 0 Å². The van der Waals surface area contributed by atoms with E-state index in [1.807, 2.05) is 0 Å². The molecule has 0 aromatic heterocycles. The van der Waals surface area contributed by atoms with Gasteiger partial charge in [0.15, 0.2) is 0 Å². The Morgan fingerprint density at radius 3 is 2.88 bits per heavy atom. The molecule has 0 aliphatic heterocycles. The zero-order valence-electron chi connectivity index (χ0n) is 8.35. The first-order valence-corrected chi connectivity index (χ1v) is 7.03. The quantitative estimate of drug-likeness (QED) is 0.202. The van der Waals surface area contributed by atoms with E-state index in [4.69, 9.17) is 11.1 Å². The molecule has 0 amide bonds. The Balaban J connectivity index is 3.11. The third kappa shape index (κ3) is 3.83. The zero-order valence-corrected chi connectivity index (χ0v) is 11.8. The van der Waals surface area contributed by atoms with Gasteiger partial charge in [-0.3, -0.25) is 0 Å². The van der Waals surface area contributed by atoms with Crippen molar-refractivity contribution in [2.45, 2.75) is 0 Å². The van der Waals surface area contributed by atoms with Crippen molar-refractivity contribution >= 4 is 47.9 Å². The molecule has 7 nitrogen and oxygen atoms in total. The van der Waals surface area contributed by atoms with Crippen LogP contribution < -0.4 is 9.97 Å². The third-order valence-corrected chi connectivity index (χ3v) is 3.76. The molecule has 17 heavy (non-hydrogen) atoms. The molecule has 0 aliphatic carbocycles. The number of nitrogens with zero attached hydrogens (tertiary/aromatic N) is 1. The van der Waals surface area contributed by atoms with Crippen LogP contribution in [0.3, 0.4) is 0 Å². The van der Waals surface area contributed by atoms with Crippen molar-refractivity contribution in [1.29, 1.82) is 5.41 Å². The molecule has 0 saturated carbocycles. The van der Waals surface area contributed by atoms with Crippen molar-refractivity contribution in [3.05, 3.63) is 32.3 Å². The maximum absolute atomic E-state index is 10.7. The van der Waals surface area contributed by atoms with Crippen LogP contribution in [0.1, 0.15) is 5.56 Å². The first-order valence-electron chi connectivity index (χ1n) is 4.22. The van der Waals surface area contributed by atoms with Crippen LogP contribution in [0.15, 0.2) is 16.6 Å². The topological polar surface area (TPSA) is 125 Å². The van der Waals surface area contributed by atoms with Crippen LogP contribution in [-0.2, 0) is 0 Å². The molecule has 0 unspecified atom stereocenters. The number of benzene rings is 1. The molecule has 0 saturated heterocycles. The predicted molar refractivity (Wildman–Crippen MR) is 68.4 cm³/mol. The fraction of sp³-hybridized carbons (Fsp3) is 0. The Labute approximate surface area is 111 Å². The molecule has 0 bridgehead atoms. The van der Waals surface area contributed by atoms with E-state index in [1.54, 1.807) is 10.9 Å². The number of hydrogen-bond acceptors (Lipinski definition) is 4. The first-order chi connectivity index (χ1) is 7.91. The number of phenolic OH excluding ortho intramolecular Hbond substituents is 1. The van der Waals surface area contributed by atoms with E-state index in [0.717, 1.165) is 0 Å². The molecule has 0 aliphatic rings. The molecule has 0 spiro atoms. The van der Waals surface area contributed by atoms with E-state index < -0.39 is 20.5 Å². The predicted octanol–water partition coefficient (Wildman–Crippen LogP) is 0.315. The Kier molecular flexibility index (Phi) is 4.65. The Morgan fingerprint density at radius 2 is 2.35 bits per heavy atom. The average molecular weight is 363 g/mol. The minimum atomic E-state index is -0.660. The van der Waals surface area contributed by atoms with E-state index in [0.29, 0.717) is 10.0 Å². The molecule has 0 atom stereocenters. The molecule has 1 aromatic carbocycles. The summed E-state index contributed by atoms with van der Waals surface area (Å²) in [7, 11) is 0. The van der Waals surface area contributed by atoms with E-state index >= 15 is 0 Å². The summed E-state index contributed by atoms with van der Waals surface area (Å²) in [6.07, 6.45) is 0. The molecular weight excluding hydrogens is 355 g/mol. The summed E-state index contributed by atoms with van der Waals surface area (Å²) in [5.41, 5.74) is 5.07. The van der Waals surface area contributed by atoms with Crippen LogP contribution >= 0.6 is 15.9 Å². The first kappa shape index (κ1) is 13.7. The van der Waals surface area contributed by atoms with E-state index in [-0.39, 0.29) is 17.4 Å². The van der Waals surface area contributed by atoms with Gasteiger partial charge in [0.25, 0.3) is 0 Å². The summed E-state index contributed by atoms with van der Waals surface area (Å²) in [6, 6.07) is 2.78. The van der Waals surface area contributed by atoms with Crippen LogP contribution in [0.25, 0.3) is 0 Å². The fourth-order valence-corrected chi connectivity index (χ4v) is 2.61. The van der Waals surface area contributed by atoms with Gasteiger partial charge in [-0.1, -0.05) is 0 Å². The van der Waals surface area contributed by atoms with Gasteiger partial charge < -0.3 is 0 Å². The summed E-state index contributed by atoms with van der Waals surface area (Å²) >= 11 is 2.48. The molecule has 5 N–H and O–H groups in total. The van der Waals surface area contributed by atoms with Crippen molar-refractivity contribution in [3.8, 4) is 5.75 Å². The average Bonchev–Trinajstić information content (AvgIpc) is 2.21. The number of halogens is 1. The van der Waals surface area contributed by atoms with Crippen molar-refractivity contribution in [2.75, 3.05) is 0 Å². The number of guanidine groups is 1. The number of aromatic hydroxyl groups is 1. The normalized spacial score (nSPS) is 10.4. The van der Waals surface area contributed by atoms with Gasteiger partial charge in [-0.2, -0.15) is 0 Å². The molecule has 1 aromatic rings. The fourth-order valence-electron chi connectivity index (χ4n) is 1.01. The summed E-state index contributed by atoms with van der Waals surface area (Å²) < 4.78 is 3.09. The second kappa shape index (κ2) is 5.79. The number of nitrogens with one attached hydrogen (secondary N) is 2. The molecule has 0 radical (unpaired) electrons. The second-order valence-corrected chi connectivity index (χ2v) is 5.37. The monoisotopic (exact) mass is 362 g/mol. The Morgan fingerprint density at radius 1 is 1.71 bits per heavy atom. The van der Waals surface area contributed by atoms with Gasteiger partial charge in [0, 0.05) is 0 Å². The Hall–Kier alpha value is -1.40. The molecular formula is C8H8AsBrN4O3. The number of nitrogens with two attached hydrogens (primary N) is 1. The van der Waals surface area contributed by atoms with Gasteiger partial charge in [-0.15, -0.1) is 0 Å². The van der Waals surface area contributed by atoms with Crippen LogP contribution in [0.5, 0.6) is 5.75 Å². The summed E-state index contributed by atoms with van der Waals surface area (Å²) in [5.74, 6) is -0.566. The van der Waals surface area contributed by atoms with Gasteiger partial charge in [-0.25, -0.2) is 0 Å². The maximum atomic E-state index is 10.7. The van der Waals surface area contributed by atoms with Crippen LogP contribution in [0.2, 0.25) is 0 Å². The number of nitro benzene ring substituents is 1. The zero-order chi connectivity index (χ0) is 13.0. The molecule has 0 fully saturated rings. The molecule has 1 rings (SSSR count). The summed E-state index contributed by atoms with van der Waals surface area (Å²) in [5, 5.41) is 27.3. The van der Waals surface area contributed by atoms with Crippen LogP contribution in [0, 0.1) is 15.5 Å². The summed E-state index contributed by atoms with van der Waals surface area (Å²) in [6.45, 7) is 0. The number of rotatable bonds is 3. The van der Waals surface area contributed by atoms with E-state index in [1.165, 1.54) is 6.07 Å². The van der Waals surface area contributed by atoms with E-state index in [2.05, 4.69) is 20.2 Å². The van der Waals surface area contributed by atoms with Gasteiger partial charge >= 0.3 is 111 Å². The van der Waals surface area contributed by atoms with Crippen LogP contribution in [0.4, 0.5) is 5.69 Å². The number of hydrogen-bond donors (Lipinski definition) is 4. The van der Waals surface area contributed by atoms with Crippen molar-refractivity contribution in [2.24, 2.45) is 5.73 Å². The SMILES string of the molecule is N=C(N)N/[As]=C/c1cc(Br)cc([N+](=O)[O-])c1O. The standard InChI is InChI=1S/C8H8AsBrN4O3/c10-5-1-4(3-9-13-8(11)12)7(15)6(2-5)14(16)17/h1-3,15H,(H4,11,12,13). The summed E-state index contributed by atoms with van der Waals surface area (Å²) in [4.78, 5) is 11.6. The van der Waals surface area contributed by atoms with Gasteiger partial charge in [0.05, 0.1) is 0 Å². The number of phenols is 1. The van der Waals surface area contributed by atoms with E-state index in [9.17, 15) is 15.2 Å². The van der Waals surface area contributed by atoms with Crippen molar-refractivity contribution in [1.82, 2.24) is 4.23 Å². The van der Waals surface area contributed by atoms with Gasteiger partial charge in [0.2, 0.25) is 0 Å². The number of nitro groups is 1. The van der Waals surface area contributed by atoms with Crippen molar-refractivity contribution < 1.29 is 10.0 Å². The molecule has 9 heteroatoms. The molecule has 90 valence electrons. The Bertz CT molecular complexity index is 506. The second-order valence-electron chi connectivity index (χ2n) is 2.90. The van der Waals surface area contributed by atoms with Crippen LogP contribution in [-0.4, -0.2) is 36.3 Å². The van der Waals surface area contributed by atoms with Gasteiger partial charge in [-0.05, 0) is 0 Å². The minimum absolute atomic E-state index is 0.176.